The van der Waals surface area contributed by atoms with Crippen LogP contribution in [-0.2, 0) is 0 Å². The van der Waals surface area contributed by atoms with E-state index < -0.39 is 0 Å². The lowest BCUT2D eigenvalue weighted by molar-refractivity contribution is 0.491. The Morgan fingerprint density at radius 3 is 2.60 bits per heavy atom. The van der Waals surface area contributed by atoms with Crippen molar-refractivity contribution >= 4 is 11.6 Å². The Morgan fingerprint density at radius 1 is 1.33 bits per heavy atom. The van der Waals surface area contributed by atoms with Crippen molar-refractivity contribution in [2.75, 3.05) is 0 Å². The molecule has 0 spiro atoms. The molecule has 0 saturated carbocycles. The summed E-state index contributed by atoms with van der Waals surface area (Å²) in [5.41, 5.74) is 6.43. The molecule has 0 radical (unpaired) electrons. The molecule has 0 aromatic heterocycles. The van der Waals surface area contributed by atoms with Crippen molar-refractivity contribution in [3.05, 3.63) is 34.6 Å². The third kappa shape index (κ3) is 3.47. The van der Waals surface area contributed by atoms with E-state index >= 15 is 0 Å². The van der Waals surface area contributed by atoms with Gasteiger partial charge in [0.1, 0.15) is 5.82 Å². The van der Waals surface area contributed by atoms with E-state index in [1.807, 2.05) is 0 Å². The molecular formula is C12H17ClFN. The van der Waals surface area contributed by atoms with Gasteiger partial charge in [-0.25, -0.2) is 4.39 Å². The van der Waals surface area contributed by atoms with Gasteiger partial charge in [-0.15, -0.1) is 0 Å². The Morgan fingerprint density at radius 2 is 2.00 bits per heavy atom. The second-order valence-corrected chi connectivity index (χ2v) is 4.63. The van der Waals surface area contributed by atoms with Crippen molar-refractivity contribution < 1.29 is 4.39 Å². The topological polar surface area (TPSA) is 26.0 Å². The predicted octanol–water partition coefficient (Wildman–Crippen LogP) is 3.92. The van der Waals surface area contributed by atoms with Gasteiger partial charge in [-0.1, -0.05) is 37.6 Å². The second-order valence-electron chi connectivity index (χ2n) is 4.22. The van der Waals surface area contributed by atoms with Crippen LogP contribution in [0.15, 0.2) is 18.2 Å². The zero-order chi connectivity index (χ0) is 11.4. The molecule has 84 valence electrons. The molecule has 0 aliphatic heterocycles. The highest BCUT2D eigenvalue weighted by Crippen LogP contribution is 2.25. The van der Waals surface area contributed by atoms with Crippen LogP contribution in [-0.4, -0.2) is 0 Å². The minimum Gasteiger partial charge on any atom is -0.324 e. The first-order valence-electron chi connectivity index (χ1n) is 5.22. The predicted molar refractivity (Wildman–Crippen MR) is 62.4 cm³/mol. The van der Waals surface area contributed by atoms with Crippen molar-refractivity contribution in [1.82, 2.24) is 0 Å². The van der Waals surface area contributed by atoms with E-state index in [2.05, 4.69) is 13.8 Å². The zero-order valence-electron chi connectivity index (χ0n) is 9.13. The van der Waals surface area contributed by atoms with Crippen molar-refractivity contribution in [3.63, 3.8) is 0 Å². The van der Waals surface area contributed by atoms with Crippen LogP contribution in [0.3, 0.4) is 0 Å². The summed E-state index contributed by atoms with van der Waals surface area (Å²) in [5.74, 6) is 0.203. The Labute approximate surface area is 95.4 Å². The van der Waals surface area contributed by atoms with Crippen LogP contribution in [0.2, 0.25) is 5.02 Å². The molecule has 0 fully saturated rings. The summed E-state index contributed by atoms with van der Waals surface area (Å²) in [5, 5.41) is 0.146. The van der Waals surface area contributed by atoms with Crippen LogP contribution in [0.1, 0.15) is 38.3 Å². The number of halogens is 2. The van der Waals surface area contributed by atoms with Crippen LogP contribution in [0.25, 0.3) is 0 Å². The first-order chi connectivity index (χ1) is 7.02. The summed E-state index contributed by atoms with van der Waals surface area (Å²) < 4.78 is 13.6. The van der Waals surface area contributed by atoms with Crippen LogP contribution in [0.4, 0.5) is 4.39 Å². The van der Waals surface area contributed by atoms with Gasteiger partial charge in [-0.2, -0.15) is 0 Å². The van der Waals surface area contributed by atoms with Gasteiger partial charge in [0.2, 0.25) is 0 Å². The molecule has 0 aliphatic carbocycles. The number of hydrogen-bond donors (Lipinski definition) is 1. The lowest BCUT2D eigenvalue weighted by atomic mass is 9.98. The standard InChI is InChI=1S/C12H17ClFN/c1-8(2)6-7-11(15)9-4-3-5-10(13)12(9)14/h3-5,8,11H,6-7,15H2,1-2H3/t11-/m0/s1. The lowest BCUT2D eigenvalue weighted by Gasteiger charge is -2.14. The Bertz CT molecular complexity index is 325. The van der Waals surface area contributed by atoms with E-state index in [4.69, 9.17) is 17.3 Å². The van der Waals surface area contributed by atoms with Gasteiger partial charge in [0.15, 0.2) is 0 Å². The summed E-state index contributed by atoms with van der Waals surface area (Å²) in [6.45, 7) is 4.25. The maximum Gasteiger partial charge on any atom is 0.146 e. The average Bonchev–Trinajstić information content (AvgIpc) is 2.18. The maximum atomic E-state index is 13.6. The van der Waals surface area contributed by atoms with Gasteiger partial charge in [0.05, 0.1) is 5.02 Å². The summed E-state index contributed by atoms with van der Waals surface area (Å²) in [6, 6.07) is 4.71. The van der Waals surface area contributed by atoms with E-state index in [9.17, 15) is 4.39 Å². The molecule has 0 bridgehead atoms. The van der Waals surface area contributed by atoms with Crippen molar-refractivity contribution in [1.29, 1.82) is 0 Å². The molecule has 0 unspecified atom stereocenters. The summed E-state index contributed by atoms with van der Waals surface area (Å²) in [4.78, 5) is 0. The van der Waals surface area contributed by atoms with Crippen molar-refractivity contribution in [2.24, 2.45) is 11.7 Å². The van der Waals surface area contributed by atoms with E-state index in [0.717, 1.165) is 12.8 Å². The Balaban J connectivity index is 2.73. The van der Waals surface area contributed by atoms with E-state index in [0.29, 0.717) is 11.5 Å². The van der Waals surface area contributed by atoms with Crippen molar-refractivity contribution in [2.45, 2.75) is 32.7 Å². The summed E-state index contributed by atoms with van der Waals surface area (Å²) in [6.07, 6.45) is 1.78. The third-order valence-electron chi connectivity index (χ3n) is 2.44. The molecule has 0 amide bonds. The first kappa shape index (κ1) is 12.5. The quantitative estimate of drug-likeness (QED) is 0.832. The maximum absolute atomic E-state index is 13.6. The summed E-state index contributed by atoms with van der Waals surface area (Å²) in [7, 11) is 0. The molecular weight excluding hydrogens is 213 g/mol. The second kappa shape index (κ2) is 5.47. The normalized spacial score (nSPS) is 13.2. The van der Waals surface area contributed by atoms with E-state index in [1.54, 1.807) is 12.1 Å². The molecule has 1 aromatic rings. The number of nitrogens with two attached hydrogens (primary N) is 1. The van der Waals surface area contributed by atoms with Crippen LogP contribution >= 0.6 is 11.6 Å². The lowest BCUT2D eigenvalue weighted by Crippen LogP contribution is -2.13. The fourth-order valence-corrected chi connectivity index (χ4v) is 1.66. The minimum atomic E-state index is -0.379. The molecule has 0 heterocycles. The molecule has 1 nitrogen and oxygen atoms in total. The molecule has 1 rings (SSSR count). The van der Waals surface area contributed by atoms with E-state index in [1.165, 1.54) is 6.07 Å². The molecule has 0 aliphatic rings. The van der Waals surface area contributed by atoms with Crippen molar-refractivity contribution in [3.8, 4) is 0 Å². The number of hydrogen-bond acceptors (Lipinski definition) is 1. The number of rotatable bonds is 4. The Kier molecular flexibility index (Phi) is 4.55. The molecule has 15 heavy (non-hydrogen) atoms. The van der Waals surface area contributed by atoms with Gasteiger partial charge in [-0.3, -0.25) is 0 Å². The average molecular weight is 230 g/mol. The highest BCUT2D eigenvalue weighted by Gasteiger charge is 2.13. The van der Waals surface area contributed by atoms with Gasteiger partial charge in [0, 0.05) is 11.6 Å². The number of benzene rings is 1. The van der Waals surface area contributed by atoms with Gasteiger partial charge in [-0.05, 0) is 24.8 Å². The highest BCUT2D eigenvalue weighted by molar-refractivity contribution is 6.30. The van der Waals surface area contributed by atoms with Gasteiger partial charge >= 0.3 is 0 Å². The monoisotopic (exact) mass is 229 g/mol. The van der Waals surface area contributed by atoms with Crippen LogP contribution in [0, 0.1) is 11.7 Å². The fraction of sp³-hybridized carbons (Fsp3) is 0.500. The smallest absolute Gasteiger partial charge is 0.146 e. The zero-order valence-corrected chi connectivity index (χ0v) is 9.89. The van der Waals surface area contributed by atoms with E-state index in [-0.39, 0.29) is 16.9 Å². The first-order valence-corrected chi connectivity index (χ1v) is 5.59. The SMILES string of the molecule is CC(C)CC[C@H](N)c1cccc(Cl)c1F. The molecule has 1 atom stereocenters. The van der Waals surface area contributed by atoms with Crippen LogP contribution in [0.5, 0.6) is 0 Å². The minimum absolute atomic E-state index is 0.146. The highest BCUT2D eigenvalue weighted by atomic mass is 35.5. The Hall–Kier alpha value is -0.600. The molecule has 1 aromatic carbocycles. The molecule has 3 heteroatoms. The van der Waals surface area contributed by atoms with Crippen LogP contribution < -0.4 is 5.73 Å². The molecule has 0 saturated heterocycles. The molecule has 2 N–H and O–H groups in total. The third-order valence-corrected chi connectivity index (χ3v) is 2.73. The van der Waals surface area contributed by atoms with Gasteiger partial charge < -0.3 is 5.73 Å². The fourth-order valence-electron chi connectivity index (χ4n) is 1.48. The largest absolute Gasteiger partial charge is 0.324 e. The summed E-state index contributed by atoms with van der Waals surface area (Å²) >= 11 is 5.69. The van der Waals surface area contributed by atoms with Gasteiger partial charge in [0.25, 0.3) is 0 Å².